The summed E-state index contributed by atoms with van der Waals surface area (Å²) in [5.74, 6) is -0.360. The van der Waals surface area contributed by atoms with Crippen molar-refractivity contribution in [3.05, 3.63) is 54.5 Å². The van der Waals surface area contributed by atoms with E-state index < -0.39 is 10.0 Å². The number of piperazine rings is 1. The number of hydrogen-bond donors (Lipinski definition) is 2. The van der Waals surface area contributed by atoms with Crippen molar-refractivity contribution >= 4 is 26.8 Å². The summed E-state index contributed by atoms with van der Waals surface area (Å²) in [6.07, 6.45) is 1.91. The summed E-state index contributed by atoms with van der Waals surface area (Å²) < 4.78 is 41.1. The summed E-state index contributed by atoms with van der Waals surface area (Å²) in [6.45, 7) is 3.06. The molecule has 4 rings (SSSR count). The van der Waals surface area contributed by atoms with Crippen LogP contribution in [0.4, 0.5) is 4.39 Å². The molecule has 1 fully saturated rings. The van der Waals surface area contributed by atoms with Gasteiger partial charge in [0.15, 0.2) is 0 Å². The first-order valence-electron chi connectivity index (χ1n) is 10.2. The molecule has 0 radical (unpaired) electrons. The molecule has 0 unspecified atom stereocenters. The predicted octanol–water partition coefficient (Wildman–Crippen LogP) is 2.42. The maximum absolute atomic E-state index is 13.4. The van der Waals surface area contributed by atoms with Gasteiger partial charge in [0.2, 0.25) is 15.9 Å². The van der Waals surface area contributed by atoms with Crippen LogP contribution < -0.4 is 4.72 Å². The van der Waals surface area contributed by atoms with E-state index in [0.29, 0.717) is 18.6 Å². The number of hydrogen-bond acceptors (Lipinski definition) is 4. The van der Waals surface area contributed by atoms with Gasteiger partial charge in [-0.2, -0.15) is 0 Å². The molecule has 164 valence electrons. The number of nitrogens with one attached hydrogen (secondary N) is 2. The van der Waals surface area contributed by atoms with E-state index in [1.165, 1.54) is 24.3 Å². The standard InChI is InChI=1S/C22H25FN4O3S/c1-26-10-12-27(13-11-26)22(28)8-9-25-31(29,30)18-5-2-16(3-6-18)20-15-24-21-14-17(23)4-7-19(20)21/h2-7,14-15,24-25H,8-13H2,1H3. The number of rotatable bonds is 6. The highest BCUT2D eigenvalue weighted by Crippen LogP contribution is 2.29. The van der Waals surface area contributed by atoms with E-state index in [-0.39, 0.29) is 29.6 Å². The smallest absolute Gasteiger partial charge is 0.240 e. The maximum atomic E-state index is 13.4. The van der Waals surface area contributed by atoms with E-state index in [4.69, 9.17) is 0 Å². The lowest BCUT2D eigenvalue weighted by Crippen LogP contribution is -2.47. The van der Waals surface area contributed by atoms with E-state index in [1.807, 2.05) is 7.05 Å². The van der Waals surface area contributed by atoms with Gasteiger partial charge >= 0.3 is 0 Å². The molecular weight excluding hydrogens is 419 g/mol. The number of benzene rings is 2. The van der Waals surface area contributed by atoms with E-state index in [9.17, 15) is 17.6 Å². The van der Waals surface area contributed by atoms with Gasteiger partial charge in [-0.05, 0) is 42.9 Å². The summed E-state index contributed by atoms with van der Waals surface area (Å²) >= 11 is 0. The molecule has 0 atom stereocenters. The van der Waals surface area contributed by atoms with Crippen LogP contribution in [0.15, 0.2) is 53.6 Å². The Morgan fingerprint density at radius 1 is 1.10 bits per heavy atom. The number of fused-ring (bicyclic) bond motifs is 1. The molecule has 0 saturated carbocycles. The van der Waals surface area contributed by atoms with Gasteiger partial charge in [-0.25, -0.2) is 17.5 Å². The van der Waals surface area contributed by atoms with Gasteiger partial charge < -0.3 is 14.8 Å². The molecule has 0 bridgehead atoms. The minimum absolute atomic E-state index is 0.0399. The lowest BCUT2D eigenvalue weighted by molar-refractivity contribution is -0.132. The summed E-state index contributed by atoms with van der Waals surface area (Å²) in [7, 11) is -1.70. The maximum Gasteiger partial charge on any atom is 0.240 e. The molecule has 2 aromatic carbocycles. The third-order valence-electron chi connectivity index (χ3n) is 5.61. The Bertz CT molecular complexity index is 1180. The van der Waals surface area contributed by atoms with Crippen LogP contribution in [0.2, 0.25) is 0 Å². The Balaban J connectivity index is 1.39. The third-order valence-corrected chi connectivity index (χ3v) is 7.08. The first kappa shape index (κ1) is 21.5. The first-order chi connectivity index (χ1) is 14.8. The number of H-pyrrole nitrogens is 1. The lowest BCUT2D eigenvalue weighted by Gasteiger charge is -2.32. The number of nitrogens with zero attached hydrogens (tertiary/aromatic N) is 2. The Morgan fingerprint density at radius 3 is 2.52 bits per heavy atom. The molecule has 1 aliphatic heterocycles. The molecule has 2 N–H and O–H groups in total. The molecule has 0 aliphatic carbocycles. The predicted molar refractivity (Wildman–Crippen MR) is 118 cm³/mol. The minimum Gasteiger partial charge on any atom is -0.360 e. The van der Waals surface area contributed by atoms with E-state index in [2.05, 4.69) is 14.6 Å². The number of carbonyl (C=O) groups is 1. The summed E-state index contributed by atoms with van der Waals surface area (Å²) in [6, 6.07) is 11.0. The number of sulfonamides is 1. The van der Waals surface area contributed by atoms with Crippen LogP contribution >= 0.6 is 0 Å². The number of halogens is 1. The normalized spacial score (nSPS) is 15.5. The molecule has 9 heteroatoms. The topological polar surface area (TPSA) is 85.5 Å². The molecule has 1 amide bonds. The molecule has 31 heavy (non-hydrogen) atoms. The van der Waals surface area contributed by atoms with Gasteiger partial charge in [0.1, 0.15) is 5.82 Å². The van der Waals surface area contributed by atoms with E-state index in [0.717, 1.165) is 29.6 Å². The van der Waals surface area contributed by atoms with Crippen LogP contribution in [-0.2, 0) is 14.8 Å². The Morgan fingerprint density at radius 2 is 1.81 bits per heavy atom. The van der Waals surface area contributed by atoms with Crippen molar-refractivity contribution in [3.63, 3.8) is 0 Å². The second kappa shape index (κ2) is 8.78. The van der Waals surface area contributed by atoms with Gasteiger partial charge in [0.25, 0.3) is 0 Å². The molecular formula is C22H25FN4O3S. The van der Waals surface area contributed by atoms with Gasteiger partial charge in [0.05, 0.1) is 4.90 Å². The number of carbonyl (C=O) groups excluding carboxylic acids is 1. The van der Waals surface area contributed by atoms with Crippen molar-refractivity contribution in [1.82, 2.24) is 19.5 Å². The number of amides is 1. The van der Waals surface area contributed by atoms with Crippen LogP contribution in [0.5, 0.6) is 0 Å². The van der Waals surface area contributed by atoms with Crippen LogP contribution in [0.25, 0.3) is 22.0 Å². The minimum atomic E-state index is -3.72. The third kappa shape index (κ3) is 4.79. The SMILES string of the molecule is CN1CCN(C(=O)CCNS(=O)(=O)c2ccc(-c3c[nH]c4cc(F)ccc34)cc2)CC1. The number of likely N-dealkylation sites (N-methyl/N-ethyl adjacent to an activating group) is 1. The van der Waals surface area contributed by atoms with E-state index >= 15 is 0 Å². The van der Waals surface area contributed by atoms with Crippen molar-refractivity contribution in [2.45, 2.75) is 11.3 Å². The van der Waals surface area contributed by atoms with E-state index in [1.54, 1.807) is 29.3 Å². The van der Waals surface area contributed by atoms with Crippen molar-refractivity contribution in [3.8, 4) is 11.1 Å². The fraction of sp³-hybridized carbons (Fsp3) is 0.318. The van der Waals surface area contributed by atoms with Crippen molar-refractivity contribution < 1.29 is 17.6 Å². The largest absolute Gasteiger partial charge is 0.360 e. The van der Waals surface area contributed by atoms with Crippen LogP contribution in [0.3, 0.4) is 0 Å². The zero-order valence-electron chi connectivity index (χ0n) is 17.3. The Hall–Kier alpha value is -2.75. The molecule has 3 aromatic rings. The van der Waals surface area contributed by atoms with Gasteiger partial charge in [-0.3, -0.25) is 4.79 Å². The zero-order valence-corrected chi connectivity index (χ0v) is 18.1. The second-order valence-electron chi connectivity index (χ2n) is 7.75. The van der Waals surface area contributed by atoms with Crippen LogP contribution in [0, 0.1) is 5.82 Å². The Labute approximate surface area is 180 Å². The highest BCUT2D eigenvalue weighted by molar-refractivity contribution is 7.89. The monoisotopic (exact) mass is 444 g/mol. The van der Waals surface area contributed by atoms with Gasteiger partial charge in [0, 0.05) is 61.8 Å². The van der Waals surface area contributed by atoms with Crippen molar-refractivity contribution in [2.24, 2.45) is 0 Å². The zero-order chi connectivity index (χ0) is 22.0. The highest BCUT2D eigenvalue weighted by atomic mass is 32.2. The number of aromatic amines is 1. The summed E-state index contributed by atoms with van der Waals surface area (Å²) in [4.78, 5) is 19.4. The average molecular weight is 445 g/mol. The lowest BCUT2D eigenvalue weighted by atomic mass is 10.1. The van der Waals surface area contributed by atoms with Crippen LogP contribution in [0.1, 0.15) is 6.42 Å². The summed E-state index contributed by atoms with van der Waals surface area (Å²) in [5.41, 5.74) is 2.37. The Kier molecular flexibility index (Phi) is 6.08. The molecule has 1 aromatic heterocycles. The fourth-order valence-electron chi connectivity index (χ4n) is 3.74. The van der Waals surface area contributed by atoms with Gasteiger partial charge in [-0.15, -0.1) is 0 Å². The average Bonchev–Trinajstić information content (AvgIpc) is 3.17. The molecule has 0 spiro atoms. The van der Waals surface area contributed by atoms with Crippen molar-refractivity contribution in [2.75, 3.05) is 39.8 Å². The summed E-state index contributed by atoms with van der Waals surface area (Å²) in [5, 5.41) is 0.859. The van der Waals surface area contributed by atoms with Gasteiger partial charge in [-0.1, -0.05) is 12.1 Å². The first-order valence-corrected chi connectivity index (χ1v) is 11.6. The quantitative estimate of drug-likeness (QED) is 0.612. The van der Waals surface area contributed by atoms with Crippen LogP contribution in [-0.4, -0.2) is 68.9 Å². The molecule has 1 aliphatic rings. The molecule has 2 heterocycles. The highest BCUT2D eigenvalue weighted by Gasteiger charge is 2.20. The fourth-order valence-corrected chi connectivity index (χ4v) is 4.77. The second-order valence-corrected chi connectivity index (χ2v) is 9.52. The molecule has 1 saturated heterocycles. The van der Waals surface area contributed by atoms with Crippen molar-refractivity contribution in [1.29, 1.82) is 0 Å². The molecule has 7 nitrogen and oxygen atoms in total. The number of aromatic nitrogens is 1.